The molecule has 2 atom stereocenters. The lowest BCUT2D eigenvalue weighted by atomic mass is 10.0. The lowest BCUT2D eigenvalue weighted by molar-refractivity contribution is 0.217. The summed E-state index contributed by atoms with van der Waals surface area (Å²) in [4.78, 5) is 13.0. The molecule has 1 aliphatic rings. The quantitative estimate of drug-likeness (QED) is 0.783. The van der Waals surface area contributed by atoms with Crippen LogP contribution in [0.4, 0.5) is 4.79 Å². The number of fused-ring (bicyclic) bond motifs is 1. The van der Waals surface area contributed by atoms with Crippen LogP contribution in [-0.4, -0.2) is 29.5 Å². The second-order valence-corrected chi connectivity index (χ2v) is 5.57. The Kier molecular flexibility index (Phi) is 4.49. The summed E-state index contributed by atoms with van der Waals surface area (Å²) in [6, 6.07) is 7.77. The Morgan fingerprint density at radius 2 is 2.33 bits per heavy atom. The Morgan fingerprint density at radius 3 is 3.11 bits per heavy atom. The number of amides is 2. The molecule has 4 nitrogen and oxygen atoms in total. The first-order chi connectivity index (χ1) is 8.70. The molecular formula is C13H18N2O2S. The molecule has 3 N–H and O–H groups in total. The van der Waals surface area contributed by atoms with Crippen LogP contribution in [0.5, 0.6) is 0 Å². The lowest BCUT2D eigenvalue weighted by Crippen LogP contribution is -2.44. The minimum Gasteiger partial charge on any atom is -0.394 e. The third-order valence-corrected chi connectivity index (χ3v) is 4.04. The molecule has 0 fully saturated rings. The first-order valence-corrected chi connectivity index (χ1v) is 7.09. The van der Waals surface area contributed by atoms with Gasteiger partial charge in [-0.25, -0.2) is 4.79 Å². The second kappa shape index (κ2) is 6.11. The SMILES string of the molecule is C[C@@H](CO)NC(=O)NC1CCSc2ccccc21. The van der Waals surface area contributed by atoms with Crippen molar-refractivity contribution in [3.8, 4) is 0 Å². The van der Waals surface area contributed by atoms with E-state index in [-0.39, 0.29) is 24.7 Å². The van der Waals surface area contributed by atoms with Crippen molar-refractivity contribution < 1.29 is 9.90 Å². The first kappa shape index (κ1) is 13.2. The standard InChI is InChI=1S/C13H18N2O2S/c1-9(8-16)14-13(17)15-11-6-7-18-12-5-3-2-4-10(11)12/h2-5,9,11,16H,6-8H2,1H3,(H2,14,15,17)/t9-,11?/m0/s1. The van der Waals surface area contributed by atoms with Gasteiger partial charge in [-0.2, -0.15) is 0 Å². The zero-order valence-corrected chi connectivity index (χ0v) is 11.2. The van der Waals surface area contributed by atoms with Gasteiger partial charge in [-0.05, 0) is 25.0 Å². The largest absolute Gasteiger partial charge is 0.394 e. The number of rotatable bonds is 3. The van der Waals surface area contributed by atoms with E-state index in [0.717, 1.165) is 12.2 Å². The molecular weight excluding hydrogens is 248 g/mol. The van der Waals surface area contributed by atoms with Gasteiger partial charge in [-0.1, -0.05) is 18.2 Å². The Hall–Kier alpha value is -1.20. The van der Waals surface area contributed by atoms with Crippen LogP contribution >= 0.6 is 11.8 Å². The van der Waals surface area contributed by atoms with Gasteiger partial charge in [0.15, 0.2) is 0 Å². The van der Waals surface area contributed by atoms with Gasteiger partial charge in [0.25, 0.3) is 0 Å². The van der Waals surface area contributed by atoms with E-state index < -0.39 is 0 Å². The van der Waals surface area contributed by atoms with Gasteiger partial charge in [-0.3, -0.25) is 0 Å². The van der Waals surface area contributed by atoms with Gasteiger partial charge in [-0.15, -0.1) is 11.8 Å². The predicted octanol–water partition coefficient (Wildman–Crippen LogP) is 1.90. The van der Waals surface area contributed by atoms with E-state index in [2.05, 4.69) is 22.8 Å². The van der Waals surface area contributed by atoms with Crippen molar-refractivity contribution >= 4 is 17.8 Å². The highest BCUT2D eigenvalue weighted by Crippen LogP contribution is 2.35. The maximum Gasteiger partial charge on any atom is 0.315 e. The number of hydrogen-bond donors (Lipinski definition) is 3. The zero-order valence-electron chi connectivity index (χ0n) is 10.3. The van der Waals surface area contributed by atoms with E-state index >= 15 is 0 Å². The second-order valence-electron chi connectivity index (χ2n) is 4.43. The van der Waals surface area contributed by atoms with Crippen LogP contribution in [0, 0.1) is 0 Å². The van der Waals surface area contributed by atoms with Crippen LogP contribution in [0.1, 0.15) is 24.9 Å². The number of hydrogen-bond acceptors (Lipinski definition) is 3. The highest BCUT2D eigenvalue weighted by atomic mass is 32.2. The molecule has 18 heavy (non-hydrogen) atoms. The van der Waals surface area contributed by atoms with Crippen molar-refractivity contribution in [2.24, 2.45) is 0 Å². The highest BCUT2D eigenvalue weighted by Gasteiger charge is 2.22. The van der Waals surface area contributed by atoms with E-state index in [9.17, 15) is 4.79 Å². The van der Waals surface area contributed by atoms with Crippen LogP contribution in [0.2, 0.25) is 0 Å². The number of aliphatic hydroxyl groups is 1. The van der Waals surface area contributed by atoms with Crippen LogP contribution in [0.25, 0.3) is 0 Å². The monoisotopic (exact) mass is 266 g/mol. The molecule has 0 aromatic heterocycles. The third-order valence-electron chi connectivity index (χ3n) is 2.92. The van der Waals surface area contributed by atoms with Gasteiger partial charge in [0, 0.05) is 10.6 Å². The summed E-state index contributed by atoms with van der Waals surface area (Å²) >= 11 is 1.83. The molecule has 0 aliphatic carbocycles. The molecule has 5 heteroatoms. The Bertz CT molecular complexity index is 425. The number of carbonyl (C=O) groups excluding carboxylic acids is 1. The summed E-state index contributed by atoms with van der Waals surface area (Å²) in [6.07, 6.45) is 0.933. The van der Waals surface area contributed by atoms with Crippen molar-refractivity contribution in [3.05, 3.63) is 29.8 Å². The number of thioether (sulfide) groups is 1. The van der Waals surface area contributed by atoms with E-state index in [1.54, 1.807) is 6.92 Å². The van der Waals surface area contributed by atoms with Gasteiger partial charge < -0.3 is 15.7 Å². The highest BCUT2D eigenvalue weighted by molar-refractivity contribution is 7.99. The molecule has 1 aromatic carbocycles. The summed E-state index contributed by atoms with van der Waals surface area (Å²) in [5, 5.41) is 14.6. The average molecular weight is 266 g/mol. The molecule has 0 bridgehead atoms. The topological polar surface area (TPSA) is 61.4 Å². The van der Waals surface area contributed by atoms with Gasteiger partial charge >= 0.3 is 6.03 Å². The number of urea groups is 1. The Labute approximate surface area is 111 Å². The van der Waals surface area contributed by atoms with Crippen molar-refractivity contribution in [1.29, 1.82) is 0 Å². The molecule has 0 saturated carbocycles. The number of aliphatic hydroxyl groups excluding tert-OH is 1. The maximum atomic E-state index is 11.8. The molecule has 0 saturated heterocycles. The number of benzene rings is 1. The molecule has 1 aromatic rings. The molecule has 1 aliphatic heterocycles. The van der Waals surface area contributed by atoms with Crippen LogP contribution < -0.4 is 10.6 Å². The van der Waals surface area contributed by atoms with Crippen molar-refractivity contribution in [1.82, 2.24) is 10.6 Å². The first-order valence-electron chi connectivity index (χ1n) is 6.10. The summed E-state index contributed by atoms with van der Waals surface area (Å²) < 4.78 is 0. The minimum absolute atomic E-state index is 0.0511. The van der Waals surface area contributed by atoms with Crippen molar-refractivity contribution in [2.75, 3.05) is 12.4 Å². The average Bonchev–Trinajstić information content (AvgIpc) is 2.39. The third kappa shape index (κ3) is 3.17. The van der Waals surface area contributed by atoms with Crippen LogP contribution in [0.15, 0.2) is 29.2 Å². The van der Waals surface area contributed by atoms with Crippen molar-refractivity contribution in [3.63, 3.8) is 0 Å². The minimum atomic E-state index is -0.224. The van der Waals surface area contributed by atoms with E-state index in [1.807, 2.05) is 23.9 Å². The molecule has 0 radical (unpaired) electrons. The van der Waals surface area contributed by atoms with Crippen LogP contribution in [-0.2, 0) is 0 Å². The van der Waals surface area contributed by atoms with E-state index in [4.69, 9.17) is 5.11 Å². The van der Waals surface area contributed by atoms with Crippen LogP contribution in [0.3, 0.4) is 0 Å². The summed E-state index contributed by atoms with van der Waals surface area (Å²) in [5.41, 5.74) is 1.18. The van der Waals surface area contributed by atoms with E-state index in [1.165, 1.54) is 10.5 Å². The van der Waals surface area contributed by atoms with Crippen molar-refractivity contribution in [2.45, 2.75) is 30.3 Å². The zero-order chi connectivity index (χ0) is 13.0. The molecule has 2 amide bonds. The molecule has 1 unspecified atom stereocenters. The summed E-state index contributed by atoms with van der Waals surface area (Å²) in [6.45, 7) is 1.72. The summed E-state index contributed by atoms with van der Waals surface area (Å²) in [7, 11) is 0. The van der Waals surface area contributed by atoms with E-state index in [0.29, 0.717) is 0 Å². The fourth-order valence-electron chi connectivity index (χ4n) is 1.96. The molecule has 0 spiro atoms. The number of nitrogens with one attached hydrogen (secondary N) is 2. The fourth-order valence-corrected chi connectivity index (χ4v) is 3.09. The molecule has 98 valence electrons. The van der Waals surface area contributed by atoms with Gasteiger partial charge in [0.1, 0.15) is 0 Å². The molecule has 1 heterocycles. The maximum absolute atomic E-state index is 11.8. The predicted molar refractivity (Wildman–Crippen MR) is 72.7 cm³/mol. The summed E-state index contributed by atoms with van der Waals surface area (Å²) in [5.74, 6) is 1.01. The van der Waals surface area contributed by atoms with Gasteiger partial charge in [0.2, 0.25) is 0 Å². The Morgan fingerprint density at radius 1 is 1.56 bits per heavy atom. The smallest absolute Gasteiger partial charge is 0.315 e. The molecule has 2 rings (SSSR count). The number of carbonyl (C=O) groups is 1. The Balaban J connectivity index is 2.01. The van der Waals surface area contributed by atoms with Gasteiger partial charge in [0.05, 0.1) is 18.7 Å². The normalized spacial score (nSPS) is 19.8. The fraction of sp³-hybridized carbons (Fsp3) is 0.462. The lowest BCUT2D eigenvalue weighted by Gasteiger charge is -2.26.